The summed E-state index contributed by atoms with van der Waals surface area (Å²) in [4.78, 5) is 4.14. The highest BCUT2D eigenvalue weighted by Gasteiger charge is 2.11. The van der Waals surface area contributed by atoms with Crippen LogP contribution in [0, 0.1) is 18.6 Å². The first kappa shape index (κ1) is 11.7. The van der Waals surface area contributed by atoms with Gasteiger partial charge in [0.25, 0.3) is 0 Å². The van der Waals surface area contributed by atoms with Gasteiger partial charge in [0.2, 0.25) is 0 Å². The van der Waals surface area contributed by atoms with Gasteiger partial charge in [0.1, 0.15) is 0 Å². The second-order valence-electron chi connectivity index (χ2n) is 3.76. The average Bonchev–Trinajstić information content (AvgIpc) is 2.31. The van der Waals surface area contributed by atoms with Crippen molar-refractivity contribution in [3.8, 4) is 11.3 Å². The van der Waals surface area contributed by atoms with Crippen LogP contribution >= 0.6 is 0 Å². The molecule has 0 fully saturated rings. The molecule has 0 atom stereocenters. The Kier molecular flexibility index (Phi) is 3.15. The first-order valence-electron chi connectivity index (χ1n) is 5.14. The molecule has 0 aliphatic carbocycles. The first-order valence-corrected chi connectivity index (χ1v) is 5.14. The molecular weight excluding hydrogens is 224 g/mol. The zero-order valence-corrected chi connectivity index (χ0v) is 9.24. The van der Waals surface area contributed by atoms with Crippen molar-refractivity contribution in [1.29, 1.82) is 0 Å². The summed E-state index contributed by atoms with van der Waals surface area (Å²) >= 11 is 0. The van der Waals surface area contributed by atoms with Crippen LogP contribution in [0.4, 0.5) is 8.78 Å². The molecule has 1 heterocycles. The smallest absolute Gasteiger partial charge is 0.168 e. The molecule has 17 heavy (non-hydrogen) atoms. The van der Waals surface area contributed by atoms with Crippen LogP contribution in [0.5, 0.6) is 0 Å². The van der Waals surface area contributed by atoms with Gasteiger partial charge in [-0.3, -0.25) is 4.98 Å². The van der Waals surface area contributed by atoms with Crippen molar-refractivity contribution in [2.75, 3.05) is 0 Å². The van der Waals surface area contributed by atoms with E-state index in [0.29, 0.717) is 17.0 Å². The minimum atomic E-state index is -0.922. The van der Waals surface area contributed by atoms with Crippen molar-refractivity contribution in [3.63, 3.8) is 0 Å². The second-order valence-corrected chi connectivity index (χ2v) is 3.76. The van der Waals surface area contributed by atoms with Gasteiger partial charge in [-0.2, -0.15) is 0 Å². The maximum absolute atomic E-state index is 13.6. The summed E-state index contributed by atoms with van der Waals surface area (Å²) < 4.78 is 26.7. The second kappa shape index (κ2) is 4.59. The number of benzene rings is 1. The van der Waals surface area contributed by atoms with Crippen molar-refractivity contribution >= 4 is 0 Å². The lowest BCUT2D eigenvalue weighted by Gasteiger charge is -2.06. The number of aromatic nitrogens is 1. The molecule has 4 heteroatoms. The zero-order valence-electron chi connectivity index (χ0n) is 9.24. The molecule has 0 spiro atoms. The normalized spacial score (nSPS) is 10.6. The Morgan fingerprint density at radius 3 is 2.71 bits per heavy atom. The van der Waals surface area contributed by atoms with Crippen molar-refractivity contribution < 1.29 is 13.9 Å². The van der Waals surface area contributed by atoms with E-state index in [9.17, 15) is 8.78 Å². The third-order valence-electron chi connectivity index (χ3n) is 2.42. The van der Waals surface area contributed by atoms with Crippen LogP contribution in [0.1, 0.15) is 11.3 Å². The number of aryl methyl sites for hydroxylation is 1. The van der Waals surface area contributed by atoms with Crippen molar-refractivity contribution in [2.24, 2.45) is 0 Å². The van der Waals surface area contributed by atoms with E-state index in [1.807, 2.05) is 0 Å². The minimum absolute atomic E-state index is 0.100. The minimum Gasteiger partial charge on any atom is -0.392 e. The van der Waals surface area contributed by atoms with E-state index >= 15 is 0 Å². The molecule has 2 rings (SSSR count). The Morgan fingerprint density at radius 1 is 1.24 bits per heavy atom. The standard InChI is InChI=1S/C13H11F2NO/c1-8-5-9(7-17)6-12(16-8)10-3-2-4-11(14)13(10)15/h2-6,17H,7H2,1H3. The maximum Gasteiger partial charge on any atom is 0.168 e. The number of hydrogen-bond donors (Lipinski definition) is 1. The highest BCUT2D eigenvalue weighted by atomic mass is 19.2. The zero-order chi connectivity index (χ0) is 12.4. The topological polar surface area (TPSA) is 33.1 Å². The SMILES string of the molecule is Cc1cc(CO)cc(-c2cccc(F)c2F)n1. The summed E-state index contributed by atoms with van der Waals surface area (Å²) in [5, 5.41) is 9.06. The Labute approximate surface area is 97.6 Å². The predicted molar refractivity (Wildman–Crippen MR) is 60.2 cm³/mol. The van der Waals surface area contributed by atoms with E-state index in [-0.39, 0.29) is 12.2 Å². The maximum atomic E-state index is 13.6. The number of hydrogen-bond acceptors (Lipinski definition) is 2. The summed E-state index contributed by atoms with van der Waals surface area (Å²) in [5.74, 6) is -1.83. The van der Waals surface area contributed by atoms with Gasteiger partial charge in [-0.25, -0.2) is 8.78 Å². The number of aliphatic hydroxyl groups is 1. The molecule has 0 amide bonds. The van der Waals surface area contributed by atoms with Gasteiger partial charge in [0.05, 0.1) is 12.3 Å². The van der Waals surface area contributed by atoms with Gasteiger partial charge >= 0.3 is 0 Å². The van der Waals surface area contributed by atoms with Crippen LogP contribution in [-0.2, 0) is 6.61 Å². The van der Waals surface area contributed by atoms with E-state index < -0.39 is 11.6 Å². The number of pyridine rings is 1. The molecule has 0 radical (unpaired) electrons. The van der Waals surface area contributed by atoms with Crippen LogP contribution in [0.15, 0.2) is 30.3 Å². The fourth-order valence-corrected chi connectivity index (χ4v) is 1.67. The van der Waals surface area contributed by atoms with Crippen molar-refractivity contribution in [1.82, 2.24) is 4.98 Å². The van der Waals surface area contributed by atoms with E-state index in [2.05, 4.69) is 4.98 Å². The van der Waals surface area contributed by atoms with Gasteiger partial charge in [-0.15, -0.1) is 0 Å². The van der Waals surface area contributed by atoms with Gasteiger partial charge in [0.15, 0.2) is 11.6 Å². The molecule has 0 unspecified atom stereocenters. The van der Waals surface area contributed by atoms with Gasteiger partial charge in [0, 0.05) is 11.3 Å². The molecule has 88 valence electrons. The van der Waals surface area contributed by atoms with Gasteiger partial charge < -0.3 is 5.11 Å². The Morgan fingerprint density at radius 2 is 2.00 bits per heavy atom. The Bertz CT molecular complexity index is 555. The number of halogens is 2. The Balaban J connectivity index is 2.60. The largest absolute Gasteiger partial charge is 0.392 e. The van der Waals surface area contributed by atoms with Crippen LogP contribution < -0.4 is 0 Å². The number of nitrogens with zero attached hydrogens (tertiary/aromatic N) is 1. The van der Waals surface area contributed by atoms with Gasteiger partial charge in [-0.1, -0.05) is 6.07 Å². The molecule has 1 aromatic carbocycles. The van der Waals surface area contributed by atoms with E-state index in [1.54, 1.807) is 19.1 Å². The van der Waals surface area contributed by atoms with Crippen LogP contribution in [0.25, 0.3) is 11.3 Å². The van der Waals surface area contributed by atoms with Crippen molar-refractivity contribution in [3.05, 3.63) is 53.2 Å². The predicted octanol–water partition coefficient (Wildman–Crippen LogP) is 2.83. The fraction of sp³-hybridized carbons (Fsp3) is 0.154. The summed E-state index contributed by atoms with van der Waals surface area (Å²) in [6.07, 6.45) is 0. The summed E-state index contributed by atoms with van der Waals surface area (Å²) in [6.45, 7) is 1.58. The average molecular weight is 235 g/mol. The first-order chi connectivity index (χ1) is 8.11. The van der Waals surface area contributed by atoms with Crippen LogP contribution in [-0.4, -0.2) is 10.1 Å². The molecule has 1 aromatic heterocycles. The lowest BCUT2D eigenvalue weighted by atomic mass is 10.1. The monoisotopic (exact) mass is 235 g/mol. The molecule has 2 nitrogen and oxygen atoms in total. The lowest BCUT2D eigenvalue weighted by Crippen LogP contribution is -1.95. The quantitative estimate of drug-likeness (QED) is 0.868. The number of aliphatic hydroxyl groups excluding tert-OH is 1. The molecule has 0 aliphatic heterocycles. The molecule has 0 aliphatic rings. The highest BCUT2D eigenvalue weighted by molar-refractivity contribution is 5.61. The molecule has 2 aromatic rings. The highest BCUT2D eigenvalue weighted by Crippen LogP contribution is 2.24. The van der Waals surface area contributed by atoms with Crippen LogP contribution in [0.3, 0.4) is 0 Å². The molecule has 0 saturated heterocycles. The summed E-state index contributed by atoms with van der Waals surface area (Å²) in [6, 6.07) is 7.19. The van der Waals surface area contributed by atoms with Gasteiger partial charge in [-0.05, 0) is 36.8 Å². The molecule has 0 bridgehead atoms. The third-order valence-corrected chi connectivity index (χ3v) is 2.42. The molecular formula is C13H11F2NO. The van der Waals surface area contributed by atoms with Crippen LogP contribution in [0.2, 0.25) is 0 Å². The van der Waals surface area contributed by atoms with Crippen molar-refractivity contribution in [2.45, 2.75) is 13.5 Å². The summed E-state index contributed by atoms with van der Waals surface area (Å²) in [7, 11) is 0. The van der Waals surface area contributed by atoms with E-state index in [0.717, 1.165) is 6.07 Å². The number of rotatable bonds is 2. The molecule has 0 saturated carbocycles. The summed E-state index contributed by atoms with van der Waals surface area (Å²) in [5.41, 5.74) is 1.70. The third kappa shape index (κ3) is 2.31. The lowest BCUT2D eigenvalue weighted by molar-refractivity contribution is 0.281. The fourth-order valence-electron chi connectivity index (χ4n) is 1.67. The Hall–Kier alpha value is -1.81. The molecule has 1 N–H and O–H groups in total. The van der Waals surface area contributed by atoms with E-state index in [4.69, 9.17) is 5.11 Å². The van der Waals surface area contributed by atoms with E-state index in [1.165, 1.54) is 12.1 Å².